The van der Waals surface area contributed by atoms with Gasteiger partial charge < -0.3 is 15.3 Å². The van der Waals surface area contributed by atoms with Crippen molar-refractivity contribution in [2.45, 2.75) is 57.5 Å². The second-order valence-electron chi connectivity index (χ2n) is 6.80. The first kappa shape index (κ1) is 17.8. The van der Waals surface area contributed by atoms with E-state index in [4.69, 9.17) is 5.11 Å². The van der Waals surface area contributed by atoms with Gasteiger partial charge in [0.15, 0.2) is 0 Å². The molecular weight excluding hydrogens is 288 g/mol. The van der Waals surface area contributed by atoms with Crippen LogP contribution in [-0.2, 0) is 0 Å². The highest BCUT2D eigenvalue weighted by Crippen LogP contribution is 2.27. The molecule has 1 aliphatic rings. The Morgan fingerprint density at radius 3 is 2.52 bits per heavy atom. The molecule has 1 aromatic rings. The van der Waals surface area contributed by atoms with Crippen molar-refractivity contribution in [1.82, 2.24) is 10.2 Å². The highest BCUT2D eigenvalue weighted by Gasteiger charge is 2.26. The molecule has 2 amide bonds. The van der Waals surface area contributed by atoms with Gasteiger partial charge in [-0.05, 0) is 50.0 Å². The summed E-state index contributed by atoms with van der Waals surface area (Å²) in [6.45, 7) is 2.44. The van der Waals surface area contributed by atoms with Gasteiger partial charge >= 0.3 is 6.03 Å². The fraction of sp³-hybridized carbons (Fsp3) is 0.632. The Morgan fingerprint density at radius 1 is 1.26 bits per heavy atom. The van der Waals surface area contributed by atoms with Gasteiger partial charge in [-0.1, -0.05) is 37.3 Å². The third-order valence-corrected chi connectivity index (χ3v) is 5.00. The predicted molar refractivity (Wildman–Crippen MR) is 93.2 cm³/mol. The van der Waals surface area contributed by atoms with Gasteiger partial charge in [-0.3, -0.25) is 0 Å². The summed E-state index contributed by atoms with van der Waals surface area (Å²) < 4.78 is 0. The van der Waals surface area contributed by atoms with Crippen molar-refractivity contribution in [2.75, 3.05) is 13.7 Å². The summed E-state index contributed by atoms with van der Waals surface area (Å²) in [7, 11) is 1.91. The maximum absolute atomic E-state index is 12.6. The minimum atomic E-state index is -0.0409. The van der Waals surface area contributed by atoms with E-state index in [1.807, 2.05) is 42.3 Å². The van der Waals surface area contributed by atoms with E-state index in [2.05, 4.69) is 12.2 Å². The average molecular weight is 318 g/mol. The lowest BCUT2D eigenvalue weighted by Gasteiger charge is -2.34. The highest BCUT2D eigenvalue weighted by molar-refractivity contribution is 5.74. The number of benzene rings is 1. The zero-order chi connectivity index (χ0) is 16.7. The summed E-state index contributed by atoms with van der Waals surface area (Å²) >= 11 is 0. The molecule has 0 heterocycles. The van der Waals surface area contributed by atoms with E-state index in [1.54, 1.807) is 0 Å². The predicted octanol–water partition coefficient (Wildman–Crippen LogP) is 3.72. The number of hydrogen-bond donors (Lipinski definition) is 2. The van der Waals surface area contributed by atoms with E-state index >= 15 is 0 Å². The monoisotopic (exact) mass is 318 g/mol. The number of urea groups is 1. The van der Waals surface area contributed by atoms with E-state index in [1.165, 1.54) is 12.8 Å². The van der Waals surface area contributed by atoms with Crippen molar-refractivity contribution in [2.24, 2.45) is 5.92 Å². The van der Waals surface area contributed by atoms with E-state index in [9.17, 15) is 4.79 Å². The molecule has 23 heavy (non-hydrogen) atoms. The lowest BCUT2D eigenvalue weighted by molar-refractivity contribution is 0.159. The highest BCUT2D eigenvalue weighted by atomic mass is 16.3. The Balaban J connectivity index is 1.96. The summed E-state index contributed by atoms with van der Waals surface area (Å²) in [6.07, 6.45) is 6.03. The number of aliphatic hydroxyl groups is 1. The van der Waals surface area contributed by atoms with Crippen molar-refractivity contribution in [3.8, 4) is 0 Å². The smallest absolute Gasteiger partial charge is 0.317 e. The first-order chi connectivity index (χ1) is 11.1. The fourth-order valence-corrected chi connectivity index (χ4v) is 3.35. The van der Waals surface area contributed by atoms with Gasteiger partial charge in [-0.25, -0.2) is 4.79 Å². The summed E-state index contributed by atoms with van der Waals surface area (Å²) in [6, 6.07) is 10.3. The molecule has 2 N–H and O–H groups in total. The van der Waals surface area contributed by atoms with Gasteiger partial charge in [0.25, 0.3) is 0 Å². The van der Waals surface area contributed by atoms with Crippen LogP contribution in [0.1, 0.15) is 57.1 Å². The van der Waals surface area contributed by atoms with Gasteiger partial charge in [0.05, 0.1) is 6.04 Å². The lowest BCUT2D eigenvalue weighted by Crippen LogP contribution is -2.46. The number of rotatable bonds is 6. The second kappa shape index (κ2) is 8.92. The number of nitrogens with zero attached hydrogens (tertiary/aromatic N) is 1. The number of aliphatic hydroxyl groups excluding tert-OH is 1. The quantitative estimate of drug-likeness (QED) is 0.840. The molecule has 0 radical (unpaired) electrons. The van der Waals surface area contributed by atoms with Gasteiger partial charge in [0.1, 0.15) is 0 Å². The molecule has 0 aliphatic heterocycles. The first-order valence-electron chi connectivity index (χ1n) is 8.81. The van der Waals surface area contributed by atoms with Crippen LogP contribution in [0.15, 0.2) is 30.3 Å². The minimum absolute atomic E-state index is 0.00338. The van der Waals surface area contributed by atoms with Crippen LogP contribution in [0, 0.1) is 5.92 Å². The Hall–Kier alpha value is -1.55. The van der Waals surface area contributed by atoms with Crippen LogP contribution in [0.2, 0.25) is 0 Å². The molecule has 1 atom stereocenters. The molecule has 1 fully saturated rings. The van der Waals surface area contributed by atoms with Crippen LogP contribution >= 0.6 is 0 Å². The van der Waals surface area contributed by atoms with Gasteiger partial charge in [-0.2, -0.15) is 0 Å². The summed E-state index contributed by atoms with van der Waals surface area (Å²) in [5.41, 5.74) is 1.10. The van der Waals surface area contributed by atoms with Crippen molar-refractivity contribution in [3.63, 3.8) is 0 Å². The molecule has 2 rings (SSSR count). The zero-order valence-electron chi connectivity index (χ0n) is 14.4. The van der Waals surface area contributed by atoms with E-state index in [0.717, 1.165) is 30.7 Å². The fourth-order valence-electron chi connectivity index (χ4n) is 3.35. The maximum atomic E-state index is 12.6. The Morgan fingerprint density at radius 2 is 1.91 bits per heavy atom. The number of amides is 2. The van der Waals surface area contributed by atoms with Crippen molar-refractivity contribution in [3.05, 3.63) is 35.9 Å². The third kappa shape index (κ3) is 5.24. The summed E-state index contributed by atoms with van der Waals surface area (Å²) in [5, 5.41) is 12.3. The molecular formula is C19H30N2O2. The number of hydrogen-bond acceptors (Lipinski definition) is 2. The Bertz CT molecular complexity index is 470. The summed E-state index contributed by atoms with van der Waals surface area (Å²) in [5.74, 6) is 0.782. The number of carbonyl (C=O) groups is 1. The topological polar surface area (TPSA) is 52.6 Å². The molecule has 1 aliphatic carbocycles. The zero-order valence-corrected chi connectivity index (χ0v) is 14.4. The molecule has 4 nitrogen and oxygen atoms in total. The molecule has 1 unspecified atom stereocenters. The van der Waals surface area contributed by atoms with Gasteiger partial charge in [0.2, 0.25) is 0 Å². The van der Waals surface area contributed by atoms with Crippen LogP contribution in [0.5, 0.6) is 0 Å². The molecule has 0 bridgehead atoms. The molecule has 1 saturated carbocycles. The Kier molecular flexibility index (Phi) is 6.90. The average Bonchev–Trinajstić information content (AvgIpc) is 2.59. The first-order valence-corrected chi connectivity index (χ1v) is 8.81. The molecule has 1 aromatic carbocycles. The third-order valence-electron chi connectivity index (χ3n) is 5.00. The molecule has 0 aromatic heterocycles. The van der Waals surface area contributed by atoms with Crippen LogP contribution in [0.4, 0.5) is 4.79 Å². The largest absolute Gasteiger partial charge is 0.396 e. The van der Waals surface area contributed by atoms with Crippen molar-refractivity contribution in [1.29, 1.82) is 0 Å². The normalized spacial score (nSPS) is 22.4. The van der Waals surface area contributed by atoms with Gasteiger partial charge in [-0.15, -0.1) is 0 Å². The number of nitrogens with one attached hydrogen (secondary N) is 1. The van der Waals surface area contributed by atoms with Gasteiger partial charge in [0, 0.05) is 19.7 Å². The van der Waals surface area contributed by atoms with E-state index in [0.29, 0.717) is 12.5 Å². The summed E-state index contributed by atoms with van der Waals surface area (Å²) in [4.78, 5) is 14.5. The van der Waals surface area contributed by atoms with E-state index in [-0.39, 0.29) is 18.7 Å². The minimum Gasteiger partial charge on any atom is -0.396 e. The second-order valence-corrected chi connectivity index (χ2v) is 6.80. The van der Waals surface area contributed by atoms with E-state index < -0.39 is 0 Å². The molecule has 0 spiro atoms. The molecule has 4 heteroatoms. The van der Waals surface area contributed by atoms with Crippen LogP contribution in [0.25, 0.3) is 0 Å². The van der Waals surface area contributed by atoms with Crippen LogP contribution < -0.4 is 5.32 Å². The van der Waals surface area contributed by atoms with Crippen molar-refractivity contribution < 1.29 is 9.90 Å². The maximum Gasteiger partial charge on any atom is 0.317 e. The molecule has 0 saturated heterocycles. The van der Waals surface area contributed by atoms with Crippen molar-refractivity contribution >= 4 is 6.03 Å². The van der Waals surface area contributed by atoms with Crippen LogP contribution in [-0.4, -0.2) is 35.7 Å². The standard InChI is InChI=1S/C19H30N2O2/c1-15-10-12-17(13-11-15)21(2)19(23)20-18(9-6-14-22)16-7-4-3-5-8-16/h3-5,7-8,15,17-18,22H,6,9-14H2,1-2H3,(H,20,23). The SMILES string of the molecule is CC1CCC(N(C)C(=O)NC(CCCO)c2ccccc2)CC1. The van der Waals surface area contributed by atoms with Crippen LogP contribution in [0.3, 0.4) is 0 Å². The Labute approximate surface area is 139 Å². The lowest BCUT2D eigenvalue weighted by atomic mass is 9.87. The number of carbonyl (C=O) groups excluding carboxylic acids is 1. The molecule has 128 valence electrons.